The number of carbonyl (C=O) groups is 4. The maximum Gasteiger partial charge on any atom is 0.318 e. The number of carbonyl (C=O) groups excluding carboxylic acids is 4. The van der Waals surface area contributed by atoms with E-state index in [1.807, 2.05) is 19.1 Å². The fourth-order valence-corrected chi connectivity index (χ4v) is 9.67. The van der Waals surface area contributed by atoms with Crippen LogP contribution in [0.1, 0.15) is 72.1 Å². The van der Waals surface area contributed by atoms with E-state index in [1.54, 1.807) is 17.9 Å². The Hall–Kier alpha value is -4.51. The SMILES string of the molecule is CC[C@@H]1C[C@H](C)CC/C=C\[C@@H]2C[C@@]2(C(=O)NS(=O)(=O)C2(C)CC2)NC(=O)[C@@H]2C[C@@H](Oc3nccc4cc(OC)c(F)cc34)CN2C(=O)[C@H]1NC(=O)N1CCOCC1. The molecule has 2 aromatic rings. The van der Waals surface area contributed by atoms with Gasteiger partial charge < -0.3 is 34.6 Å². The standard InChI is InChI=1S/C40H53FN6O9S/c1-5-25-18-24(2)8-6-7-9-27-22-40(27,37(50)45-57(52,53)39(3)11-12-39)44-34(48)31-20-28(56-35-29-21-30(41)32(54-4)19-26(29)10-13-42-35)23-47(31)36(49)33(25)43-38(51)46-14-16-55-17-15-46/h7,9-10,13,19,21,24-25,27-28,31,33H,5-6,8,11-12,14-18,20,22-23H2,1-4H3,(H,43,51)(H,44,48)(H,45,50)/b9-7-/t24-,25-,27-,28-,31+,33+,40-/m1/s1. The number of fused-ring (bicyclic) bond motifs is 3. The van der Waals surface area contributed by atoms with Gasteiger partial charge in [0.2, 0.25) is 27.7 Å². The van der Waals surface area contributed by atoms with Crippen LogP contribution in [0.4, 0.5) is 9.18 Å². The number of aromatic nitrogens is 1. The summed E-state index contributed by atoms with van der Waals surface area (Å²) < 4.78 is 59.6. The van der Waals surface area contributed by atoms with E-state index in [-0.39, 0.29) is 42.9 Å². The monoisotopic (exact) mass is 812 g/mol. The Kier molecular flexibility index (Phi) is 11.4. The Morgan fingerprint density at radius 3 is 2.61 bits per heavy atom. The van der Waals surface area contributed by atoms with Crippen molar-refractivity contribution < 1.29 is 46.2 Å². The number of nitrogens with zero attached hydrogens (tertiary/aromatic N) is 3. The summed E-state index contributed by atoms with van der Waals surface area (Å²) in [6.45, 7) is 7.03. The summed E-state index contributed by atoms with van der Waals surface area (Å²) in [5.41, 5.74) is -1.56. The van der Waals surface area contributed by atoms with Crippen LogP contribution in [0, 0.1) is 23.6 Å². The van der Waals surface area contributed by atoms with E-state index >= 15 is 4.79 Å². The van der Waals surface area contributed by atoms with E-state index in [9.17, 15) is 27.2 Å². The van der Waals surface area contributed by atoms with Gasteiger partial charge in [0, 0.05) is 37.0 Å². The van der Waals surface area contributed by atoms with Crippen LogP contribution < -0.4 is 24.8 Å². The largest absolute Gasteiger partial charge is 0.494 e. The number of morpholine rings is 1. The summed E-state index contributed by atoms with van der Waals surface area (Å²) in [4.78, 5) is 64.7. The molecular formula is C40H53FN6O9S. The maximum atomic E-state index is 15.0. The zero-order valence-corrected chi connectivity index (χ0v) is 33.7. The van der Waals surface area contributed by atoms with Gasteiger partial charge in [-0.15, -0.1) is 0 Å². The Balaban J connectivity index is 1.24. The average molecular weight is 813 g/mol. The molecule has 2 saturated heterocycles. The highest BCUT2D eigenvalue weighted by atomic mass is 32.2. The summed E-state index contributed by atoms with van der Waals surface area (Å²) in [6, 6.07) is 1.88. The van der Waals surface area contributed by atoms with Gasteiger partial charge in [-0.2, -0.15) is 0 Å². The minimum absolute atomic E-state index is 0.0276. The van der Waals surface area contributed by atoms with Gasteiger partial charge in [0.25, 0.3) is 5.91 Å². The Morgan fingerprint density at radius 1 is 1.16 bits per heavy atom. The number of urea groups is 1. The summed E-state index contributed by atoms with van der Waals surface area (Å²) in [7, 11) is -2.66. The third-order valence-corrected chi connectivity index (χ3v) is 14.6. The van der Waals surface area contributed by atoms with Crippen LogP contribution in [0.2, 0.25) is 0 Å². The van der Waals surface area contributed by atoms with Crippen molar-refractivity contribution in [2.75, 3.05) is 40.0 Å². The van der Waals surface area contributed by atoms with Gasteiger partial charge in [-0.1, -0.05) is 32.4 Å². The molecule has 5 aliphatic rings. The third kappa shape index (κ3) is 8.27. The minimum Gasteiger partial charge on any atom is -0.494 e. The van der Waals surface area contributed by atoms with Gasteiger partial charge in [-0.3, -0.25) is 19.1 Å². The number of nitrogens with one attached hydrogen (secondary N) is 3. The number of amides is 5. The molecule has 2 aliphatic carbocycles. The number of sulfonamides is 1. The highest BCUT2D eigenvalue weighted by Gasteiger charge is 2.63. The van der Waals surface area contributed by atoms with Crippen LogP contribution in [0.25, 0.3) is 10.8 Å². The predicted octanol–water partition coefficient (Wildman–Crippen LogP) is 3.42. The molecule has 0 radical (unpaired) electrons. The fourth-order valence-electron chi connectivity index (χ4n) is 8.36. The first kappa shape index (κ1) is 40.7. The number of halogens is 1. The lowest BCUT2D eigenvalue weighted by molar-refractivity contribution is -0.142. The fraction of sp³-hybridized carbons (Fsp3) is 0.625. The number of hydrogen-bond donors (Lipinski definition) is 3. The Morgan fingerprint density at radius 2 is 1.91 bits per heavy atom. The van der Waals surface area contributed by atoms with E-state index in [0.717, 1.165) is 6.42 Å². The number of allylic oxidation sites excluding steroid dienone is 1. The molecule has 310 valence electrons. The summed E-state index contributed by atoms with van der Waals surface area (Å²) >= 11 is 0. The van der Waals surface area contributed by atoms with E-state index in [1.165, 1.54) is 30.3 Å². The maximum absolute atomic E-state index is 15.0. The number of ether oxygens (including phenoxy) is 3. The van der Waals surface area contributed by atoms with E-state index in [0.29, 0.717) is 69.2 Å². The van der Waals surface area contributed by atoms with Gasteiger partial charge in [-0.05, 0) is 80.9 Å². The second-order valence-electron chi connectivity index (χ2n) is 16.5. The van der Waals surface area contributed by atoms with Crippen LogP contribution in [0.15, 0.2) is 36.5 Å². The van der Waals surface area contributed by atoms with Gasteiger partial charge in [0.15, 0.2) is 11.6 Å². The molecule has 57 heavy (non-hydrogen) atoms. The number of benzene rings is 1. The second kappa shape index (κ2) is 16.0. The molecule has 0 bridgehead atoms. The molecule has 4 fully saturated rings. The van der Waals surface area contributed by atoms with Gasteiger partial charge in [-0.25, -0.2) is 22.6 Å². The Labute approximate surface area is 332 Å². The second-order valence-corrected chi connectivity index (χ2v) is 18.7. The molecule has 1 aromatic carbocycles. The van der Waals surface area contributed by atoms with E-state index in [2.05, 4.69) is 27.3 Å². The number of hydrogen-bond acceptors (Lipinski definition) is 10. The van der Waals surface area contributed by atoms with Crippen molar-refractivity contribution in [3.8, 4) is 11.6 Å². The molecule has 15 nitrogen and oxygen atoms in total. The van der Waals surface area contributed by atoms with Crippen molar-refractivity contribution >= 4 is 44.5 Å². The average Bonchev–Trinajstić information content (AvgIpc) is 4.07. The first-order valence-electron chi connectivity index (χ1n) is 20.0. The predicted molar refractivity (Wildman–Crippen MR) is 207 cm³/mol. The van der Waals surface area contributed by atoms with Crippen LogP contribution in [-0.2, 0) is 29.1 Å². The molecule has 4 heterocycles. The van der Waals surface area contributed by atoms with Crippen LogP contribution in [0.5, 0.6) is 11.6 Å². The smallest absolute Gasteiger partial charge is 0.318 e. The lowest BCUT2D eigenvalue weighted by Crippen LogP contribution is -2.60. The van der Waals surface area contributed by atoms with E-state index in [4.69, 9.17) is 14.2 Å². The minimum atomic E-state index is -4.02. The lowest BCUT2D eigenvalue weighted by atomic mass is 9.85. The normalized spacial score (nSPS) is 30.8. The molecular weight excluding hydrogens is 760 g/mol. The highest BCUT2D eigenvalue weighted by Crippen LogP contribution is 2.47. The van der Waals surface area contributed by atoms with Crippen molar-refractivity contribution in [2.45, 2.75) is 101 Å². The number of pyridine rings is 1. The zero-order valence-electron chi connectivity index (χ0n) is 32.9. The first-order chi connectivity index (χ1) is 27.2. The van der Waals surface area contributed by atoms with Crippen molar-refractivity contribution in [1.82, 2.24) is 30.1 Å². The number of rotatable bonds is 8. The highest BCUT2D eigenvalue weighted by molar-refractivity contribution is 7.91. The van der Waals surface area contributed by atoms with Gasteiger partial charge >= 0.3 is 6.03 Å². The molecule has 1 aromatic heterocycles. The molecule has 0 spiro atoms. The van der Waals surface area contributed by atoms with Gasteiger partial charge in [0.1, 0.15) is 23.7 Å². The quantitative estimate of drug-likeness (QED) is 0.334. The lowest BCUT2D eigenvalue weighted by Gasteiger charge is -2.36. The molecule has 0 unspecified atom stereocenters. The molecule has 17 heteroatoms. The molecule has 7 rings (SSSR count). The summed E-state index contributed by atoms with van der Waals surface area (Å²) in [6.07, 6.45) is 8.14. The van der Waals surface area contributed by atoms with Crippen molar-refractivity contribution in [2.24, 2.45) is 17.8 Å². The van der Waals surface area contributed by atoms with Crippen molar-refractivity contribution in [1.29, 1.82) is 0 Å². The molecule has 2 saturated carbocycles. The van der Waals surface area contributed by atoms with Crippen LogP contribution in [0.3, 0.4) is 0 Å². The molecule has 5 amide bonds. The van der Waals surface area contributed by atoms with Crippen molar-refractivity contribution in [3.05, 3.63) is 42.4 Å². The summed E-state index contributed by atoms with van der Waals surface area (Å²) in [5, 5.41) is 6.89. The van der Waals surface area contributed by atoms with Crippen LogP contribution >= 0.6 is 0 Å². The molecule has 3 aliphatic heterocycles. The number of methoxy groups -OCH3 is 1. The van der Waals surface area contributed by atoms with Crippen LogP contribution in [-0.4, -0.2) is 115 Å². The van der Waals surface area contributed by atoms with Gasteiger partial charge in [0.05, 0.1) is 31.6 Å². The topological polar surface area (TPSA) is 186 Å². The zero-order chi connectivity index (χ0) is 40.7. The first-order valence-corrected chi connectivity index (χ1v) is 21.4. The molecule has 7 atom stereocenters. The van der Waals surface area contributed by atoms with Crippen molar-refractivity contribution in [3.63, 3.8) is 0 Å². The molecule has 3 N–H and O–H groups in total. The van der Waals surface area contributed by atoms with E-state index < -0.39 is 74.0 Å². The third-order valence-electron chi connectivity index (χ3n) is 12.5. The summed E-state index contributed by atoms with van der Waals surface area (Å²) in [5.74, 6) is -3.05. The Bertz CT molecular complexity index is 2040.